The SMILES string of the molecule is CCc1cccc(NC(=O)NCc2ccc(C)o2)c1. The molecule has 0 bridgehead atoms. The van der Waals surface area contributed by atoms with Crippen molar-refractivity contribution >= 4 is 11.7 Å². The van der Waals surface area contributed by atoms with Crippen molar-refractivity contribution in [2.75, 3.05) is 5.32 Å². The lowest BCUT2D eigenvalue weighted by Crippen LogP contribution is -2.28. The molecule has 2 rings (SSSR count). The molecule has 0 aliphatic carbocycles. The highest BCUT2D eigenvalue weighted by atomic mass is 16.3. The van der Waals surface area contributed by atoms with Crippen molar-refractivity contribution in [1.82, 2.24) is 5.32 Å². The molecule has 2 N–H and O–H groups in total. The van der Waals surface area contributed by atoms with E-state index < -0.39 is 0 Å². The molecule has 0 unspecified atom stereocenters. The fraction of sp³-hybridized carbons (Fsp3) is 0.267. The van der Waals surface area contributed by atoms with Gasteiger partial charge in [-0.05, 0) is 43.2 Å². The number of aryl methyl sites for hydroxylation is 2. The smallest absolute Gasteiger partial charge is 0.319 e. The van der Waals surface area contributed by atoms with Crippen LogP contribution < -0.4 is 10.6 Å². The van der Waals surface area contributed by atoms with Crippen LogP contribution in [0.3, 0.4) is 0 Å². The van der Waals surface area contributed by atoms with Crippen LogP contribution in [0.25, 0.3) is 0 Å². The molecule has 4 nitrogen and oxygen atoms in total. The number of benzene rings is 1. The Morgan fingerprint density at radius 3 is 2.79 bits per heavy atom. The summed E-state index contributed by atoms with van der Waals surface area (Å²) in [7, 11) is 0. The molecule has 0 radical (unpaired) electrons. The molecular formula is C15H18N2O2. The number of carbonyl (C=O) groups is 1. The molecule has 1 aromatic heterocycles. The number of amides is 2. The van der Waals surface area contributed by atoms with E-state index in [9.17, 15) is 4.79 Å². The number of hydrogen-bond acceptors (Lipinski definition) is 2. The number of rotatable bonds is 4. The van der Waals surface area contributed by atoms with E-state index in [1.807, 2.05) is 43.3 Å². The molecule has 0 aliphatic heterocycles. The Kier molecular flexibility index (Phi) is 4.23. The second-order valence-corrected chi connectivity index (χ2v) is 4.37. The molecule has 2 aromatic rings. The molecular weight excluding hydrogens is 240 g/mol. The molecule has 1 heterocycles. The predicted octanol–water partition coefficient (Wildman–Crippen LogP) is 3.47. The van der Waals surface area contributed by atoms with E-state index in [4.69, 9.17) is 4.42 Å². The molecule has 1 aromatic carbocycles. The Morgan fingerprint density at radius 2 is 2.11 bits per heavy atom. The van der Waals surface area contributed by atoms with Gasteiger partial charge in [0.25, 0.3) is 0 Å². The van der Waals surface area contributed by atoms with Gasteiger partial charge in [-0.3, -0.25) is 0 Å². The van der Waals surface area contributed by atoms with Crippen molar-refractivity contribution in [3.05, 3.63) is 53.5 Å². The van der Waals surface area contributed by atoms with Crippen LogP contribution in [0.15, 0.2) is 40.8 Å². The van der Waals surface area contributed by atoms with Gasteiger partial charge in [0, 0.05) is 5.69 Å². The molecule has 4 heteroatoms. The van der Waals surface area contributed by atoms with E-state index in [-0.39, 0.29) is 6.03 Å². The number of hydrogen-bond donors (Lipinski definition) is 2. The van der Waals surface area contributed by atoms with Crippen molar-refractivity contribution in [2.45, 2.75) is 26.8 Å². The summed E-state index contributed by atoms with van der Waals surface area (Å²) >= 11 is 0. The highest BCUT2D eigenvalue weighted by Crippen LogP contribution is 2.11. The van der Waals surface area contributed by atoms with Crippen LogP contribution in [0.1, 0.15) is 24.0 Å². The highest BCUT2D eigenvalue weighted by Gasteiger charge is 2.04. The number of furan rings is 1. The zero-order valence-corrected chi connectivity index (χ0v) is 11.2. The molecule has 0 fully saturated rings. The molecule has 100 valence electrons. The standard InChI is InChI=1S/C15H18N2O2/c1-3-12-5-4-6-13(9-12)17-15(18)16-10-14-8-7-11(2)19-14/h4-9H,3,10H2,1-2H3,(H2,16,17,18). The summed E-state index contributed by atoms with van der Waals surface area (Å²) in [4.78, 5) is 11.7. The second-order valence-electron chi connectivity index (χ2n) is 4.37. The second kappa shape index (κ2) is 6.09. The van der Waals surface area contributed by atoms with Gasteiger partial charge in [-0.1, -0.05) is 19.1 Å². The maximum Gasteiger partial charge on any atom is 0.319 e. The van der Waals surface area contributed by atoms with Crippen molar-refractivity contribution < 1.29 is 9.21 Å². The maximum absolute atomic E-state index is 11.7. The number of nitrogens with one attached hydrogen (secondary N) is 2. The van der Waals surface area contributed by atoms with Gasteiger partial charge in [0.2, 0.25) is 0 Å². The van der Waals surface area contributed by atoms with E-state index in [0.29, 0.717) is 6.54 Å². The topological polar surface area (TPSA) is 54.3 Å². The zero-order chi connectivity index (χ0) is 13.7. The Hall–Kier alpha value is -2.23. The summed E-state index contributed by atoms with van der Waals surface area (Å²) in [6, 6.07) is 11.3. The minimum absolute atomic E-state index is 0.234. The van der Waals surface area contributed by atoms with E-state index >= 15 is 0 Å². The predicted molar refractivity (Wildman–Crippen MR) is 75.1 cm³/mol. The lowest BCUT2D eigenvalue weighted by atomic mass is 10.1. The number of anilines is 1. The van der Waals surface area contributed by atoms with Crippen molar-refractivity contribution in [1.29, 1.82) is 0 Å². The Balaban J connectivity index is 1.86. The summed E-state index contributed by atoms with van der Waals surface area (Å²) in [5, 5.41) is 5.56. The van der Waals surface area contributed by atoms with E-state index in [1.54, 1.807) is 0 Å². The van der Waals surface area contributed by atoms with Gasteiger partial charge in [-0.15, -0.1) is 0 Å². The van der Waals surface area contributed by atoms with Gasteiger partial charge in [-0.2, -0.15) is 0 Å². The van der Waals surface area contributed by atoms with E-state index in [2.05, 4.69) is 17.6 Å². The van der Waals surface area contributed by atoms with E-state index in [0.717, 1.165) is 23.6 Å². The fourth-order valence-electron chi connectivity index (χ4n) is 1.79. The highest BCUT2D eigenvalue weighted by molar-refractivity contribution is 5.89. The average Bonchev–Trinajstić information content (AvgIpc) is 2.82. The third-order valence-electron chi connectivity index (χ3n) is 2.81. The van der Waals surface area contributed by atoms with Gasteiger partial charge in [0.1, 0.15) is 11.5 Å². The normalized spacial score (nSPS) is 10.2. The minimum atomic E-state index is -0.234. The summed E-state index contributed by atoms with van der Waals surface area (Å²) in [6.45, 7) is 4.34. The lowest BCUT2D eigenvalue weighted by Gasteiger charge is -2.07. The summed E-state index contributed by atoms with van der Waals surface area (Å²) in [5.41, 5.74) is 1.99. The van der Waals surface area contributed by atoms with Gasteiger partial charge in [0.05, 0.1) is 6.54 Å². The molecule has 0 saturated carbocycles. The Bertz CT molecular complexity index is 561. The quantitative estimate of drug-likeness (QED) is 0.882. The molecule has 0 saturated heterocycles. The first kappa shape index (κ1) is 13.2. The average molecular weight is 258 g/mol. The third-order valence-corrected chi connectivity index (χ3v) is 2.81. The first-order chi connectivity index (χ1) is 9.17. The fourth-order valence-corrected chi connectivity index (χ4v) is 1.79. The van der Waals surface area contributed by atoms with Crippen LogP contribution in [0, 0.1) is 6.92 Å². The van der Waals surface area contributed by atoms with E-state index in [1.165, 1.54) is 5.56 Å². The van der Waals surface area contributed by atoms with Crippen molar-refractivity contribution in [2.24, 2.45) is 0 Å². The summed E-state index contributed by atoms with van der Waals surface area (Å²) in [6.07, 6.45) is 0.947. The van der Waals surface area contributed by atoms with Crippen LogP contribution in [0.4, 0.5) is 10.5 Å². The van der Waals surface area contributed by atoms with Gasteiger partial charge in [0.15, 0.2) is 0 Å². The number of urea groups is 1. The number of carbonyl (C=O) groups excluding carboxylic acids is 1. The first-order valence-corrected chi connectivity index (χ1v) is 6.36. The van der Waals surface area contributed by atoms with Gasteiger partial charge < -0.3 is 15.1 Å². The van der Waals surface area contributed by atoms with Crippen LogP contribution in [-0.4, -0.2) is 6.03 Å². The van der Waals surface area contributed by atoms with Crippen LogP contribution in [0.2, 0.25) is 0 Å². The Labute approximate surface area is 112 Å². The zero-order valence-electron chi connectivity index (χ0n) is 11.2. The minimum Gasteiger partial charge on any atom is -0.465 e. The molecule has 2 amide bonds. The van der Waals surface area contributed by atoms with Crippen LogP contribution in [-0.2, 0) is 13.0 Å². The first-order valence-electron chi connectivity index (χ1n) is 6.36. The molecule has 0 spiro atoms. The van der Waals surface area contributed by atoms with Crippen molar-refractivity contribution in [3.63, 3.8) is 0 Å². The molecule has 19 heavy (non-hydrogen) atoms. The largest absolute Gasteiger partial charge is 0.465 e. The van der Waals surface area contributed by atoms with Gasteiger partial charge >= 0.3 is 6.03 Å². The molecule has 0 atom stereocenters. The Morgan fingerprint density at radius 1 is 1.26 bits per heavy atom. The van der Waals surface area contributed by atoms with Crippen LogP contribution in [0.5, 0.6) is 0 Å². The summed E-state index contributed by atoms with van der Waals surface area (Å²) < 4.78 is 5.38. The monoisotopic (exact) mass is 258 g/mol. The maximum atomic E-state index is 11.7. The lowest BCUT2D eigenvalue weighted by molar-refractivity contribution is 0.250. The molecule has 0 aliphatic rings. The van der Waals surface area contributed by atoms with Crippen molar-refractivity contribution in [3.8, 4) is 0 Å². The summed E-state index contributed by atoms with van der Waals surface area (Å²) in [5.74, 6) is 1.59. The van der Waals surface area contributed by atoms with Crippen LogP contribution >= 0.6 is 0 Å². The third kappa shape index (κ3) is 3.88. The van der Waals surface area contributed by atoms with Gasteiger partial charge in [-0.25, -0.2) is 4.79 Å².